The van der Waals surface area contributed by atoms with Gasteiger partial charge in [0.15, 0.2) is 5.78 Å². The molecule has 0 amide bonds. The highest BCUT2D eigenvalue weighted by atomic mass is 79.9. The van der Waals surface area contributed by atoms with Crippen LogP contribution in [0.3, 0.4) is 0 Å². The number of anilines is 1. The van der Waals surface area contributed by atoms with Crippen LogP contribution in [0, 0.1) is 0 Å². The van der Waals surface area contributed by atoms with E-state index in [0.717, 1.165) is 48.3 Å². The number of carbonyl (C=O) groups excluding carboxylic acids is 1. The summed E-state index contributed by atoms with van der Waals surface area (Å²) >= 11 is 3.43. The Hall–Kier alpha value is -0.870. The monoisotopic (exact) mass is 325 g/mol. The lowest BCUT2D eigenvalue weighted by molar-refractivity contribution is 0.101. The summed E-state index contributed by atoms with van der Waals surface area (Å²) in [5, 5.41) is 0. The van der Waals surface area contributed by atoms with E-state index in [-0.39, 0.29) is 5.78 Å². The van der Waals surface area contributed by atoms with E-state index in [4.69, 9.17) is 4.74 Å². The number of likely N-dealkylation sites (N-methyl/N-ethyl adjacent to an activating group) is 1. The van der Waals surface area contributed by atoms with Gasteiger partial charge >= 0.3 is 0 Å². The molecule has 0 aromatic heterocycles. The highest BCUT2D eigenvalue weighted by molar-refractivity contribution is 9.10. The lowest BCUT2D eigenvalue weighted by atomic mass is 10.1. The second-order valence-electron chi connectivity index (χ2n) is 4.89. The highest BCUT2D eigenvalue weighted by Gasteiger charge is 2.21. The Bertz CT molecular complexity index is 455. The van der Waals surface area contributed by atoms with Crippen LogP contribution in [0.1, 0.15) is 37.0 Å². The third-order valence-electron chi connectivity index (χ3n) is 3.51. The van der Waals surface area contributed by atoms with E-state index >= 15 is 0 Å². The van der Waals surface area contributed by atoms with Crippen LogP contribution in [0.2, 0.25) is 0 Å². The Morgan fingerprint density at radius 3 is 2.89 bits per heavy atom. The first-order valence-corrected chi connectivity index (χ1v) is 7.58. The van der Waals surface area contributed by atoms with Gasteiger partial charge in [0.05, 0.1) is 6.10 Å². The summed E-state index contributed by atoms with van der Waals surface area (Å²) < 4.78 is 6.63. The van der Waals surface area contributed by atoms with Crippen LogP contribution in [0.15, 0.2) is 22.7 Å². The number of benzene rings is 1. The van der Waals surface area contributed by atoms with Crippen molar-refractivity contribution >= 4 is 27.4 Å². The Kier molecular flexibility index (Phi) is 4.99. The largest absolute Gasteiger partial charge is 0.376 e. The summed E-state index contributed by atoms with van der Waals surface area (Å²) in [6, 6.07) is 5.90. The van der Waals surface area contributed by atoms with Crippen molar-refractivity contribution in [2.24, 2.45) is 0 Å². The minimum atomic E-state index is 0.0992. The number of ether oxygens (including phenoxy) is 1. The zero-order chi connectivity index (χ0) is 13.8. The van der Waals surface area contributed by atoms with Crippen molar-refractivity contribution in [3.63, 3.8) is 0 Å². The van der Waals surface area contributed by atoms with Crippen LogP contribution < -0.4 is 4.90 Å². The van der Waals surface area contributed by atoms with Crippen LogP contribution >= 0.6 is 15.9 Å². The topological polar surface area (TPSA) is 29.5 Å². The van der Waals surface area contributed by atoms with E-state index < -0.39 is 0 Å². The Labute approximate surface area is 123 Å². The minimum absolute atomic E-state index is 0.0992. The van der Waals surface area contributed by atoms with E-state index in [1.807, 2.05) is 18.2 Å². The summed E-state index contributed by atoms with van der Waals surface area (Å²) in [6.45, 7) is 6.33. The van der Waals surface area contributed by atoms with Gasteiger partial charge in [-0.15, -0.1) is 0 Å². The van der Waals surface area contributed by atoms with Crippen LogP contribution in [0.25, 0.3) is 0 Å². The van der Waals surface area contributed by atoms with Gasteiger partial charge in [-0.05, 0) is 44.9 Å². The molecule has 1 aromatic rings. The molecule has 0 radical (unpaired) electrons. The molecule has 0 bridgehead atoms. The number of nitrogens with zero attached hydrogens (tertiary/aromatic N) is 1. The Morgan fingerprint density at radius 2 is 2.32 bits per heavy atom. The van der Waals surface area contributed by atoms with Gasteiger partial charge in [0, 0.05) is 35.4 Å². The molecule has 104 valence electrons. The summed E-state index contributed by atoms with van der Waals surface area (Å²) in [5.41, 5.74) is 1.78. The molecular weight excluding hydrogens is 306 g/mol. The number of rotatable bonds is 5. The predicted octanol–water partition coefficient (Wildman–Crippen LogP) is 3.66. The molecular formula is C15H20BrNO2. The highest BCUT2D eigenvalue weighted by Crippen LogP contribution is 2.26. The maximum atomic E-state index is 11.8. The first kappa shape index (κ1) is 14.5. The fourth-order valence-electron chi connectivity index (χ4n) is 2.50. The van der Waals surface area contributed by atoms with Crippen molar-refractivity contribution < 1.29 is 9.53 Å². The number of Topliss-reactive ketones (excluding diaryl/α,β-unsaturated/α-hetero) is 1. The molecule has 1 fully saturated rings. The molecule has 1 saturated heterocycles. The molecule has 0 saturated carbocycles. The van der Waals surface area contributed by atoms with Crippen LogP contribution in [0.4, 0.5) is 5.69 Å². The number of halogens is 1. The van der Waals surface area contributed by atoms with E-state index in [9.17, 15) is 4.79 Å². The van der Waals surface area contributed by atoms with Crippen molar-refractivity contribution in [3.8, 4) is 0 Å². The lowest BCUT2D eigenvalue weighted by Crippen LogP contribution is -2.33. The van der Waals surface area contributed by atoms with Crippen LogP contribution in [-0.2, 0) is 4.74 Å². The van der Waals surface area contributed by atoms with Crippen molar-refractivity contribution in [2.45, 2.75) is 32.8 Å². The molecule has 1 atom stereocenters. The fourth-order valence-corrected chi connectivity index (χ4v) is 2.86. The summed E-state index contributed by atoms with van der Waals surface area (Å²) in [6.07, 6.45) is 2.55. The average Bonchev–Trinajstić information content (AvgIpc) is 2.89. The summed E-state index contributed by atoms with van der Waals surface area (Å²) in [4.78, 5) is 14.0. The van der Waals surface area contributed by atoms with Gasteiger partial charge < -0.3 is 9.64 Å². The van der Waals surface area contributed by atoms with Crippen LogP contribution in [0.5, 0.6) is 0 Å². The van der Waals surface area contributed by atoms with Gasteiger partial charge in [0.25, 0.3) is 0 Å². The van der Waals surface area contributed by atoms with E-state index in [1.165, 1.54) is 0 Å². The Morgan fingerprint density at radius 1 is 1.53 bits per heavy atom. The maximum absolute atomic E-state index is 11.8. The summed E-state index contributed by atoms with van der Waals surface area (Å²) in [5.74, 6) is 0.0992. The number of hydrogen-bond acceptors (Lipinski definition) is 3. The van der Waals surface area contributed by atoms with Gasteiger partial charge in [0.1, 0.15) is 0 Å². The van der Waals surface area contributed by atoms with Gasteiger partial charge in [-0.1, -0.05) is 15.9 Å². The molecule has 0 N–H and O–H groups in total. The molecule has 1 heterocycles. The van der Waals surface area contributed by atoms with Gasteiger partial charge in [-0.25, -0.2) is 0 Å². The zero-order valence-electron chi connectivity index (χ0n) is 11.5. The van der Waals surface area contributed by atoms with Gasteiger partial charge in [0.2, 0.25) is 0 Å². The molecule has 19 heavy (non-hydrogen) atoms. The van der Waals surface area contributed by atoms with E-state index in [2.05, 4.69) is 27.8 Å². The van der Waals surface area contributed by atoms with Crippen molar-refractivity contribution in [3.05, 3.63) is 28.2 Å². The number of carbonyl (C=O) groups is 1. The molecule has 4 heteroatoms. The molecule has 1 aliphatic heterocycles. The zero-order valence-corrected chi connectivity index (χ0v) is 13.1. The lowest BCUT2D eigenvalue weighted by Gasteiger charge is -2.27. The SMILES string of the molecule is CCN(CC1CCCO1)c1ccc(Br)cc1C(C)=O. The maximum Gasteiger partial charge on any atom is 0.161 e. The smallest absolute Gasteiger partial charge is 0.161 e. The third kappa shape index (κ3) is 3.57. The number of ketones is 1. The third-order valence-corrected chi connectivity index (χ3v) is 4.00. The molecule has 1 unspecified atom stereocenters. The fraction of sp³-hybridized carbons (Fsp3) is 0.533. The van der Waals surface area contributed by atoms with Gasteiger partial charge in [-0.2, -0.15) is 0 Å². The van der Waals surface area contributed by atoms with Gasteiger partial charge in [-0.3, -0.25) is 4.79 Å². The number of hydrogen-bond donors (Lipinski definition) is 0. The van der Waals surface area contributed by atoms with Crippen molar-refractivity contribution in [2.75, 3.05) is 24.6 Å². The van der Waals surface area contributed by atoms with E-state index in [0.29, 0.717) is 6.10 Å². The average molecular weight is 326 g/mol. The molecule has 0 spiro atoms. The first-order chi connectivity index (χ1) is 9.11. The Balaban J connectivity index is 2.23. The minimum Gasteiger partial charge on any atom is -0.376 e. The normalized spacial score (nSPS) is 18.6. The van der Waals surface area contributed by atoms with Crippen LogP contribution in [-0.4, -0.2) is 31.6 Å². The van der Waals surface area contributed by atoms with E-state index in [1.54, 1.807) is 6.92 Å². The second-order valence-corrected chi connectivity index (χ2v) is 5.81. The molecule has 1 aliphatic rings. The predicted molar refractivity (Wildman–Crippen MR) is 81.0 cm³/mol. The molecule has 0 aliphatic carbocycles. The quantitative estimate of drug-likeness (QED) is 0.774. The second kappa shape index (κ2) is 6.53. The van der Waals surface area contributed by atoms with Crippen molar-refractivity contribution in [1.29, 1.82) is 0 Å². The molecule has 1 aromatic carbocycles. The van der Waals surface area contributed by atoms with Crippen molar-refractivity contribution in [1.82, 2.24) is 0 Å². The summed E-state index contributed by atoms with van der Waals surface area (Å²) in [7, 11) is 0. The molecule has 3 nitrogen and oxygen atoms in total. The molecule has 2 rings (SSSR count). The standard InChI is InChI=1S/C15H20BrNO2/c1-3-17(10-13-5-4-8-19-13)15-7-6-12(16)9-14(15)11(2)18/h6-7,9,13H,3-5,8,10H2,1-2H3. The first-order valence-electron chi connectivity index (χ1n) is 6.79.